The molecule has 0 spiro atoms. The molecule has 0 radical (unpaired) electrons. The van der Waals surface area contributed by atoms with Crippen LogP contribution in [0.5, 0.6) is 11.5 Å². The van der Waals surface area contributed by atoms with Gasteiger partial charge in [-0.25, -0.2) is 8.42 Å². The first-order valence-electron chi connectivity index (χ1n) is 10.2. The van der Waals surface area contributed by atoms with E-state index >= 15 is 0 Å². The van der Waals surface area contributed by atoms with E-state index in [0.717, 1.165) is 17.4 Å². The van der Waals surface area contributed by atoms with Gasteiger partial charge in [0, 0.05) is 6.54 Å². The lowest BCUT2D eigenvalue weighted by Crippen LogP contribution is -2.49. The van der Waals surface area contributed by atoms with Gasteiger partial charge < -0.3 is 14.8 Å². The number of hydrogen-bond acceptors (Lipinski definition) is 5. The van der Waals surface area contributed by atoms with Crippen LogP contribution < -0.4 is 19.1 Å². The first-order valence-corrected chi connectivity index (χ1v) is 12.1. The zero-order chi connectivity index (χ0) is 23.2. The molecule has 8 heteroatoms. The van der Waals surface area contributed by atoms with Crippen molar-refractivity contribution in [3.05, 3.63) is 53.6 Å². The van der Waals surface area contributed by atoms with Crippen molar-refractivity contribution in [2.75, 3.05) is 17.7 Å². The molecule has 0 aromatic heterocycles. The van der Waals surface area contributed by atoms with Gasteiger partial charge >= 0.3 is 0 Å². The van der Waals surface area contributed by atoms with E-state index in [4.69, 9.17) is 9.47 Å². The summed E-state index contributed by atoms with van der Waals surface area (Å²) in [7, 11) is -2.11. The summed E-state index contributed by atoms with van der Waals surface area (Å²) in [6.07, 6.45) is 1.45. The maximum Gasteiger partial charge on any atom is 0.244 e. The number of nitrogens with one attached hydrogen (secondary N) is 1. The summed E-state index contributed by atoms with van der Waals surface area (Å²) in [5.41, 5.74) is 2.20. The first kappa shape index (κ1) is 24.5. The highest BCUT2D eigenvalue weighted by molar-refractivity contribution is 7.92. The van der Waals surface area contributed by atoms with Crippen molar-refractivity contribution in [3.63, 3.8) is 0 Å². The number of sulfonamides is 1. The number of nitrogens with zero attached hydrogens (tertiary/aromatic N) is 1. The Morgan fingerprint density at radius 3 is 2.39 bits per heavy atom. The van der Waals surface area contributed by atoms with Gasteiger partial charge in [0.1, 0.15) is 6.04 Å². The lowest BCUT2D eigenvalue weighted by Gasteiger charge is -2.30. The summed E-state index contributed by atoms with van der Waals surface area (Å²) >= 11 is 0. The molecule has 2 aromatic rings. The van der Waals surface area contributed by atoms with Crippen molar-refractivity contribution >= 4 is 21.6 Å². The average Bonchev–Trinajstić information content (AvgIpc) is 2.69. The van der Waals surface area contributed by atoms with Crippen LogP contribution in [0, 0.1) is 6.92 Å². The third kappa shape index (κ3) is 6.62. The lowest BCUT2D eigenvalue weighted by atomic mass is 10.1. The van der Waals surface area contributed by atoms with E-state index in [1.807, 2.05) is 32.9 Å². The molecule has 0 saturated heterocycles. The molecular weight excluding hydrogens is 416 g/mol. The van der Waals surface area contributed by atoms with Gasteiger partial charge in [-0.05, 0) is 62.6 Å². The summed E-state index contributed by atoms with van der Waals surface area (Å²) in [5.74, 6) is 0.836. The van der Waals surface area contributed by atoms with Gasteiger partial charge in [0.2, 0.25) is 15.9 Å². The van der Waals surface area contributed by atoms with E-state index in [1.165, 1.54) is 4.31 Å². The fourth-order valence-corrected chi connectivity index (χ4v) is 4.51. The van der Waals surface area contributed by atoms with Gasteiger partial charge in [0.05, 0.1) is 25.2 Å². The smallest absolute Gasteiger partial charge is 0.244 e. The maximum absolute atomic E-state index is 13.0. The molecule has 1 N–H and O–H groups in total. The second kappa shape index (κ2) is 10.5. The summed E-state index contributed by atoms with van der Waals surface area (Å²) < 4.78 is 37.4. The molecule has 2 rings (SSSR count). The van der Waals surface area contributed by atoms with Crippen molar-refractivity contribution in [2.45, 2.75) is 52.8 Å². The largest absolute Gasteiger partial charge is 0.493 e. The molecule has 0 saturated carbocycles. The van der Waals surface area contributed by atoms with Gasteiger partial charge in [-0.15, -0.1) is 0 Å². The number of hydrogen-bond donors (Lipinski definition) is 1. The van der Waals surface area contributed by atoms with Crippen LogP contribution in [0.1, 0.15) is 38.3 Å². The minimum absolute atomic E-state index is 0.00774. The zero-order valence-corrected chi connectivity index (χ0v) is 19.8. The Balaban J connectivity index is 2.22. The van der Waals surface area contributed by atoms with Crippen molar-refractivity contribution in [2.24, 2.45) is 0 Å². The molecule has 170 valence electrons. The molecular formula is C23H32N2O5S. The maximum atomic E-state index is 13.0. The third-order valence-corrected chi connectivity index (χ3v) is 5.82. The summed E-state index contributed by atoms with van der Waals surface area (Å²) in [6, 6.07) is 11.7. The highest BCUT2D eigenvalue weighted by Crippen LogP contribution is 2.29. The fourth-order valence-electron chi connectivity index (χ4n) is 3.31. The molecule has 0 heterocycles. The van der Waals surface area contributed by atoms with E-state index < -0.39 is 16.1 Å². The number of anilines is 1. The van der Waals surface area contributed by atoms with Crippen LogP contribution >= 0.6 is 0 Å². The predicted octanol–water partition coefficient (Wildman–Crippen LogP) is 3.65. The van der Waals surface area contributed by atoms with E-state index in [1.54, 1.807) is 44.4 Å². The van der Waals surface area contributed by atoms with Crippen LogP contribution in [0.15, 0.2) is 42.5 Å². The van der Waals surface area contributed by atoms with Crippen molar-refractivity contribution in [3.8, 4) is 11.5 Å². The average molecular weight is 449 g/mol. The Morgan fingerprint density at radius 2 is 1.84 bits per heavy atom. The molecule has 1 amide bonds. The molecule has 2 aromatic carbocycles. The number of amides is 1. The standard InChI is InChI=1S/C23H32N2O5S/c1-7-20(25(31(6,27)28)19-10-8-9-17(4)13-19)23(26)24-15-18-11-12-21(30-16(2)3)22(14-18)29-5/h8-14,16,20H,7,15H2,1-6H3,(H,24,26). The molecule has 7 nitrogen and oxygen atoms in total. The van der Waals surface area contributed by atoms with Crippen molar-refractivity contribution in [1.82, 2.24) is 5.32 Å². The van der Waals surface area contributed by atoms with E-state index in [9.17, 15) is 13.2 Å². The second-order valence-electron chi connectivity index (χ2n) is 7.69. The van der Waals surface area contributed by atoms with Gasteiger partial charge in [-0.2, -0.15) is 0 Å². The Bertz CT molecular complexity index is 1000. The SMILES string of the molecule is CCC(C(=O)NCc1ccc(OC(C)C)c(OC)c1)N(c1cccc(C)c1)S(C)(=O)=O. The van der Waals surface area contributed by atoms with Crippen molar-refractivity contribution < 1.29 is 22.7 Å². The summed E-state index contributed by atoms with van der Waals surface area (Å²) in [5, 5.41) is 2.86. The second-order valence-corrected chi connectivity index (χ2v) is 9.55. The molecule has 0 bridgehead atoms. The highest BCUT2D eigenvalue weighted by atomic mass is 32.2. The zero-order valence-electron chi connectivity index (χ0n) is 19.0. The molecule has 0 aliphatic rings. The normalized spacial score (nSPS) is 12.4. The van der Waals surface area contributed by atoms with Gasteiger partial charge in [-0.1, -0.05) is 25.1 Å². The van der Waals surface area contributed by atoms with Crippen molar-refractivity contribution in [1.29, 1.82) is 0 Å². The number of carbonyl (C=O) groups is 1. The molecule has 0 aliphatic heterocycles. The molecule has 0 fully saturated rings. The quantitative estimate of drug-likeness (QED) is 0.600. The van der Waals surface area contributed by atoms with E-state index in [0.29, 0.717) is 23.6 Å². The van der Waals surface area contributed by atoms with Crippen LogP contribution in [-0.2, 0) is 21.4 Å². The Hall–Kier alpha value is -2.74. The molecule has 1 unspecified atom stereocenters. The van der Waals surface area contributed by atoms with Crippen LogP contribution in [0.2, 0.25) is 0 Å². The third-order valence-electron chi connectivity index (χ3n) is 4.64. The van der Waals surface area contributed by atoms with Crippen LogP contribution in [-0.4, -0.2) is 39.8 Å². The van der Waals surface area contributed by atoms with Gasteiger partial charge in [-0.3, -0.25) is 9.10 Å². The number of ether oxygens (including phenoxy) is 2. The van der Waals surface area contributed by atoms with Crippen LogP contribution in [0.3, 0.4) is 0 Å². The molecule has 1 atom stereocenters. The number of methoxy groups -OCH3 is 1. The van der Waals surface area contributed by atoms with Crippen LogP contribution in [0.25, 0.3) is 0 Å². The van der Waals surface area contributed by atoms with Crippen LogP contribution in [0.4, 0.5) is 5.69 Å². The molecule has 31 heavy (non-hydrogen) atoms. The highest BCUT2D eigenvalue weighted by Gasteiger charge is 2.31. The number of aryl methyl sites for hydroxylation is 1. The monoisotopic (exact) mass is 448 g/mol. The van der Waals surface area contributed by atoms with E-state index in [2.05, 4.69) is 5.32 Å². The minimum Gasteiger partial charge on any atom is -0.493 e. The first-order chi connectivity index (χ1) is 14.6. The van der Waals surface area contributed by atoms with Gasteiger partial charge in [0.25, 0.3) is 0 Å². The Morgan fingerprint density at radius 1 is 1.13 bits per heavy atom. The Kier molecular flexibility index (Phi) is 8.33. The van der Waals surface area contributed by atoms with Gasteiger partial charge in [0.15, 0.2) is 11.5 Å². The number of benzene rings is 2. The minimum atomic E-state index is -3.67. The molecule has 0 aliphatic carbocycles. The topological polar surface area (TPSA) is 84.9 Å². The number of rotatable bonds is 10. The lowest BCUT2D eigenvalue weighted by molar-refractivity contribution is -0.122. The summed E-state index contributed by atoms with van der Waals surface area (Å²) in [6.45, 7) is 7.77. The van der Waals surface area contributed by atoms with E-state index in [-0.39, 0.29) is 18.6 Å². The Labute approximate surface area is 185 Å². The summed E-state index contributed by atoms with van der Waals surface area (Å²) in [4.78, 5) is 13.0. The number of carbonyl (C=O) groups excluding carboxylic acids is 1. The fraction of sp³-hybridized carbons (Fsp3) is 0.435. The predicted molar refractivity (Wildman–Crippen MR) is 123 cm³/mol.